The summed E-state index contributed by atoms with van der Waals surface area (Å²) in [7, 11) is 0. The molecule has 8 nitrogen and oxygen atoms in total. The average Bonchev–Trinajstić information content (AvgIpc) is 3.04. The molecule has 0 aromatic heterocycles. The van der Waals surface area contributed by atoms with Gasteiger partial charge < -0.3 is 5.11 Å². The number of halogens is 1. The molecule has 0 fully saturated rings. The first-order chi connectivity index (χ1) is 14.8. The number of carboxylic acids is 1. The van der Waals surface area contributed by atoms with Crippen molar-refractivity contribution in [1.82, 2.24) is 0 Å². The maximum absolute atomic E-state index is 13.1. The van der Waals surface area contributed by atoms with Gasteiger partial charge in [0.1, 0.15) is 0 Å². The van der Waals surface area contributed by atoms with E-state index >= 15 is 0 Å². The van der Waals surface area contributed by atoms with Crippen LogP contribution in [-0.4, -0.2) is 27.6 Å². The van der Waals surface area contributed by atoms with Crippen LogP contribution in [0.25, 0.3) is 6.08 Å². The fourth-order valence-corrected chi connectivity index (χ4v) is 3.44. The Labute approximate surface area is 183 Å². The summed E-state index contributed by atoms with van der Waals surface area (Å²) in [6.45, 7) is 1.96. The predicted molar refractivity (Wildman–Crippen MR) is 118 cm³/mol. The third kappa shape index (κ3) is 5.16. The second kappa shape index (κ2) is 9.53. The number of anilines is 1. The highest BCUT2D eigenvalue weighted by atomic mass is 35.5. The van der Waals surface area contributed by atoms with Gasteiger partial charge in [-0.15, -0.1) is 0 Å². The van der Waals surface area contributed by atoms with E-state index in [-0.39, 0.29) is 23.6 Å². The van der Waals surface area contributed by atoms with Gasteiger partial charge >= 0.3 is 5.97 Å². The molecule has 0 spiro atoms. The number of rotatable bonds is 8. The van der Waals surface area contributed by atoms with Crippen LogP contribution in [0.2, 0.25) is 5.02 Å². The molecule has 0 aliphatic carbocycles. The maximum Gasteiger partial charge on any atom is 0.331 e. The number of hydrogen-bond acceptors (Lipinski definition) is 5. The first kappa shape index (κ1) is 22.2. The molecule has 1 heterocycles. The maximum atomic E-state index is 13.1. The molecule has 2 aromatic rings. The number of carbonyl (C=O) groups is 2. The van der Waals surface area contributed by atoms with Crippen molar-refractivity contribution < 1.29 is 19.6 Å². The van der Waals surface area contributed by atoms with Gasteiger partial charge in [-0.1, -0.05) is 24.9 Å². The minimum atomic E-state index is -1.16. The Morgan fingerprint density at radius 3 is 2.42 bits per heavy atom. The minimum Gasteiger partial charge on any atom is -0.478 e. The largest absolute Gasteiger partial charge is 0.478 e. The minimum absolute atomic E-state index is 0.0222. The van der Waals surface area contributed by atoms with Crippen molar-refractivity contribution in [2.75, 3.05) is 5.01 Å². The number of amides is 1. The Balaban J connectivity index is 1.88. The Kier molecular flexibility index (Phi) is 6.81. The zero-order valence-corrected chi connectivity index (χ0v) is 17.5. The molecule has 0 saturated heterocycles. The van der Waals surface area contributed by atoms with E-state index in [0.29, 0.717) is 28.4 Å². The van der Waals surface area contributed by atoms with Gasteiger partial charge in [0.05, 0.1) is 22.2 Å². The third-order valence-electron chi connectivity index (χ3n) is 4.86. The van der Waals surface area contributed by atoms with Gasteiger partial charge in [-0.05, 0) is 60.9 Å². The fourth-order valence-electron chi connectivity index (χ4n) is 3.31. The van der Waals surface area contributed by atoms with Gasteiger partial charge in [0.15, 0.2) is 0 Å². The van der Waals surface area contributed by atoms with E-state index in [0.717, 1.165) is 6.42 Å². The number of nitro groups is 1. The Morgan fingerprint density at radius 1 is 1.23 bits per heavy atom. The second-order valence-corrected chi connectivity index (χ2v) is 7.48. The van der Waals surface area contributed by atoms with E-state index in [1.54, 1.807) is 24.3 Å². The number of carboxylic acid groups (broad SMARTS) is 1. The molecule has 1 amide bonds. The van der Waals surface area contributed by atoms with Gasteiger partial charge in [0.2, 0.25) is 0 Å². The topological polar surface area (TPSA) is 113 Å². The van der Waals surface area contributed by atoms with Crippen LogP contribution in [-0.2, 0) is 9.59 Å². The van der Waals surface area contributed by atoms with Gasteiger partial charge in [-0.3, -0.25) is 14.9 Å². The molecule has 0 saturated carbocycles. The van der Waals surface area contributed by atoms with Crippen molar-refractivity contribution >= 4 is 46.6 Å². The van der Waals surface area contributed by atoms with E-state index in [1.165, 1.54) is 35.4 Å². The van der Waals surface area contributed by atoms with Crippen LogP contribution in [0, 0.1) is 16.0 Å². The molecule has 160 valence electrons. The van der Waals surface area contributed by atoms with Crippen molar-refractivity contribution in [1.29, 1.82) is 0 Å². The summed E-state index contributed by atoms with van der Waals surface area (Å²) in [4.78, 5) is 35.2. The van der Waals surface area contributed by atoms with Crippen LogP contribution in [0.5, 0.6) is 0 Å². The fraction of sp³-hybridized carbons (Fsp3) is 0.227. The Hall–Kier alpha value is -3.52. The summed E-state index contributed by atoms with van der Waals surface area (Å²) in [6.07, 6.45) is 2.71. The lowest BCUT2D eigenvalue weighted by molar-refractivity contribution is -0.384. The van der Waals surface area contributed by atoms with Crippen molar-refractivity contribution in [2.24, 2.45) is 11.0 Å². The SMILES string of the molecule is CCCC1=NN(c2ccc(Cl)cc2)C(=O)C1CC(=Cc1ccc([N+](=O)[O-])cc1)C(=O)O. The van der Waals surface area contributed by atoms with Crippen LogP contribution in [0.15, 0.2) is 59.2 Å². The Morgan fingerprint density at radius 2 is 1.87 bits per heavy atom. The number of non-ortho nitro benzene ring substituents is 1. The van der Waals surface area contributed by atoms with Crippen LogP contribution in [0.4, 0.5) is 11.4 Å². The molecular formula is C22H20ClN3O5. The molecule has 3 rings (SSSR count). The lowest BCUT2D eigenvalue weighted by Crippen LogP contribution is -2.28. The molecule has 31 heavy (non-hydrogen) atoms. The van der Waals surface area contributed by atoms with E-state index in [4.69, 9.17) is 11.6 Å². The summed E-state index contributed by atoms with van der Waals surface area (Å²) in [5.74, 6) is -2.16. The number of hydrazone groups is 1. The number of nitro benzene ring substituents is 1. The van der Waals surface area contributed by atoms with Crippen LogP contribution < -0.4 is 5.01 Å². The van der Waals surface area contributed by atoms with Crippen molar-refractivity contribution in [3.8, 4) is 0 Å². The summed E-state index contributed by atoms with van der Waals surface area (Å²) in [6, 6.07) is 12.2. The molecule has 0 bridgehead atoms. The zero-order valence-electron chi connectivity index (χ0n) is 16.7. The summed E-state index contributed by atoms with van der Waals surface area (Å²) >= 11 is 5.92. The first-order valence-electron chi connectivity index (χ1n) is 9.65. The van der Waals surface area contributed by atoms with E-state index in [1.807, 2.05) is 6.92 Å². The highest BCUT2D eigenvalue weighted by molar-refractivity contribution is 6.30. The number of benzene rings is 2. The van der Waals surface area contributed by atoms with E-state index in [9.17, 15) is 24.8 Å². The van der Waals surface area contributed by atoms with Crippen molar-refractivity contribution in [3.63, 3.8) is 0 Å². The molecule has 1 aliphatic heterocycles. The monoisotopic (exact) mass is 441 g/mol. The molecule has 9 heteroatoms. The smallest absolute Gasteiger partial charge is 0.331 e. The van der Waals surface area contributed by atoms with E-state index < -0.39 is 16.8 Å². The third-order valence-corrected chi connectivity index (χ3v) is 5.11. The van der Waals surface area contributed by atoms with E-state index in [2.05, 4.69) is 5.10 Å². The standard InChI is InChI=1S/C22H20ClN3O5/c1-2-3-20-19(21(27)25(24-20)17-10-6-16(23)7-11-17)13-15(22(28)29)12-14-4-8-18(9-5-14)26(30)31/h4-12,19H,2-3,13H2,1H3,(H,28,29). The van der Waals surface area contributed by atoms with Gasteiger partial charge in [-0.2, -0.15) is 5.10 Å². The first-order valence-corrected chi connectivity index (χ1v) is 10.0. The quantitative estimate of drug-likeness (QED) is 0.354. The molecule has 1 N–H and O–H groups in total. The van der Waals surface area contributed by atoms with Crippen molar-refractivity contribution in [2.45, 2.75) is 26.2 Å². The lowest BCUT2D eigenvalue weighted by Gasteiger charge is -2.15. The molecule has 0 radical (unpaired) electrons. The number of hydrogen-bond donors (Lipinski definition) is 1. The zero-order chi connectivity index (χ0) is 22.5. The van der Waals surface area contributed by atoms with Crippen LogP contribution in [0.3, 0.4) is 0 Å². The van der Waals surface area contributed by atoms with Crippen LogP contribution >= 0.6 is 11.6 Å². The molecule has 1 atom stereocenters. The van der Waals surface area contributed by atoms with Gasteiger partial charge in [-0.25, -0.2) is 9.80 Å². The van der Waals surface area contributed by atoms with Gasteiger partial charge in [0.25, 0.3) is 11.6 Å². The summed E-state index contributed by atoms with van der Waals surface area (Å²) < 4.78 is 0. The Bertz CT molecular complexity index is 1060. The van der Waals surface area contributed by atoms with Crippen LogP contribution in [0.1, 0.15) is 31.7 Å². The normalized spacial score (nSPS) is 16.4. The lowest BCUT2D eigenvalue weighted by atomic mass is 9.91. The number of aliphatic carboxylic acids is 1. The molecule has 2 aromatic carbocycles. The van der Waals surface area contributed by atoms with Crippen molar-refractivity contribution in [3.05, 3.63) is 74.8 Å². The average molecular weight is 442 g/mol. The number of nitrogens with zero attached hydrogens (tertiary/aromatic N) is 3. The molecule has 1 aliphatic rings. The highest BCUT2D eigenvalue weighted by Crippen LogP contribution is 2.31. The summed E-state index contributed by atoms with van der Waals surface area (Å²) in [5, 5.41) is 26.8. The second-order valence-electron chi connectivity index (χ2n) is 7.05. The number of carbonyl (C=O) groups excluding carboxylic acids is 1. The highest BCUT2D eigenvalue weighted by Gasteiger charge is 2.37. The molecule has 1 unspecified atom stereocenters. The van der Waals surface area contributed by atoms with Gasteiger partial charge in [0, 0.05) is 22.7 Å². The predicted octanol–water partition coefficient (Wildman–Crippen LogP) is 4.93. The molecular weight excluding hydrogens is 422 g/mol. The summed E-state index contributed by atoms with van der Waals surface area (Å²) in [5.41, 5.74) is 1.61.